The van der Waals surface area contributed by atoms with Crippen LogP contribution in [0.1, 0.15) is 55.7 Å². The molecule has 0 aromatic heterocycles. The molecule has 5 rings (SSSR count). The summed E-state index contributed by atoms with van der Waals surface area (Å²) in [5, 5.41) is 15.1. The van der Waals surface area contributed by atoms with Crippen molar-refractivity contribution in [2.24, 2.45) is 0 Å². The Morgan fingerprint density at radius 2 is 1.29 bits per heavy atom. The highest BCUT2D eigenvalue weighted by molar-refractivity contribution is 5.73. The lowest BCUT2D eigenvalue weighted by molar-refractivity contribution is -0.268. The van der Waals surface area contributed by atoms with E-state index in [0.29, 0.717) is 32.7 Å². The largest absolute Gasteiger partial charge is 0.387 e. The van der Waals surface area contributed by atoms with Crippen molar-refractivity contribution in [1.82, 2.24) is 5.32 Å². The Labute approximate surface area is 249 Å². The Morgan fingerprint density at radius 3 is 1.81 bits per heavy atom. The van der Waals surface area contributed by atoms with E-state index in [9.17, 15) is 9.90 Å². The average molecular weight is 574 g/mol. The first kappa shape index (κ1) is 30.4. The van der Waals surface area contributed by atoms with E-state index in [0.717, 1.165) is 36.0 Å². The van der Waals surface area contributed by atoms with Gasteiger partial charge in [-0.1, -0.05) is 110 Å². The fraction of sp³-hybridized carbons (Fsp3) is 0.457. The lowest BCUT2D eigenvalue weighted by Gasteiger charge is -2.52. The number of carbonyl (C=O) groups is 1. The molecule has 2 N–H and O–H groups in total. The van der Waals surface area contributed by atoms with Crippen LogP contribution in [0, 0.1) is 0 Å². The number of amides is 1. The number of hydrogen-bond donors (Lipinski definition) is 2. The van der Waals surface area contributed by atoms with Crippen LogP contribution in [0.2, 0.25) is 0 Å². The van der Waals surface area contributed by atoms with E-state index in [4.69, 9.17) is 18.9 Å². The molecule has 1 saturated carbocycles. The molecule has 0 unspecified atom stereocenters. The van der Waals surface area contributed by atoms with E-state index >= 15 is 0 Å². The summed E-state index contributed by atoms with van der Waals surface area (Å²) in [6.07, 6.45) is 1.73. The molecule has 1 heterocycles. The van der Waals surface area contributed by atoms with Crippen LogP contribution < -0.4 is 5.32 Å². The molecular weight excluding hydrogens is 530 g/mol. The fourth-order valence-corrected chi connectivity index (χ4v) is 6.18. The highest BCUT2D eigenvalue weighted by Crippen LogP contribution is 2.40. The highest BCUT2D eigenvalue weighted by Gasteiger charge is 2.55. The van der Waals surface area contributed by atoms with Crippen LogP contribution in [0.25, 0.3) is 0 Å². The Hall–Kier alpha value is -3.07. The Kier molecular flexibility index (Phi) is 10.8. The molecule has 7 heteroatoms. The van der Waals surface area contributed by atoms with E-state index in [-0.39, 0.29) is 12.5 Å². The van der Waals surface area contributed by atoms with E-state index < -0.39 is 36.1 Å². The Morgan fingerprint density at radius 1 is 0.786 bits per heavy atom. The summed E-state index contributed by atoms with van der Waals surface area (Å²) in [6, 6.07) is 29.3. The summed E-state index contributed by atoms with van der Waals surface area (Å²) in [5.41, 5.74) is 2.00. The third-order valence-corrected chi connectivity index (χ3v) is 8.27. The maximum absolute atomic E-state index is 12.6. The van der Waals surface area contributed by atoms with Gasteiger partial charge in [-0.25, -0.2) is 0 Å². The summed E-state index contributed by atoms with van der Waals surface area (Å²) < 4.78 is 26.2. The van der Waals surface area contributed by atoms with Crippen molar-refractivity contribution in [3.8, 4) is 0 Å². The molecule has 2 fully saturated rings. The van der Waals surface area contributed by atoms with Crippen molar-refractivity contribution >= 4 is 5.91 Å². The molecule has 1 saturated heterocycles. The number of nitrogens with one attached hydrogen (secondary N) is 1. The molecule has 0 radical (unpaired) electrons. The van der Waals surface area contributed by atoms with Crippen molar-refractivity contribution in [1.29, 1.82) is 0 Å². The second kappa shape index (κ2) is 14.9. The topological polar surface area (TPSA) is 86.3 Å². The van der Waals surface area contributed by atoms with Gasteiger partial charge in [0.25, 0.3) is 0 Å². The van der Waals surface area contributed by atoms with Crippen LogP contribution in [0.3, 0.4) is 0 Å². The third-order valence-electron chi connectivity index (χ3n) is 8.27. The third kappa shape index (κ3) is 8.06. The van der Waals surface area contributed by atoms with Gasteiger partial charge in [0.15, 0.2) is 0 Å². The van der Waals surface area contributed by atoms with Gasteiger partial charge >= 0.3 is 0 Å². The van der Waals surface area contributed by atoms with Gasteiger partial charge in [0.1, 0.15) is 24.4 Å². The first-order valence-corrected chi connectivity index (χ1v) is 15.1. The predicted molar refractivity (Wildman–Crippen MR) is 160 cm³/mol. The SMILES string of the molecule is CC(=O)N[C@@H]1[C@@H](OCc2ccccc2)[C@@H](OCc2ccccc2)[C@@H](COCc2ccccc2)O[C@@H]1C1(O)CCCCC1. The van der Waals surface area contributed by atoms with E-state index in [1.54, 1.807) is 0 Å². The van der Waals surface area contributed by atoms with Crippen molar-refractivity contribution in [2.45, 2.75) is 94.9 Å². The average Bonchev–Trinajstić information content (AvgIpc) is 3.01. The van der Waals surface area contributed by atoms with Gasteiger partial charge in [-0.2, -0.15) is 0 Å². The van der Waals surface area contributed by atoms with Gasteiger partial charge in [-0.15, -0.1) is 0 Å². The van der Waals surface area contributed by atoms with Gasteiger partial charge in [-0.3, -0.25) is 4.79 Å². The van der Waals surface area contributed by atoms with Crippen molar-refractivity contribution < 1.29 is 28.8 Å². The number of ether oxygens (including phenoxy) is 4. The van der Waals surface area contributed by atoms with Gasteiger partial charge in [0.2, 0.25) is 5.91 Å². The van der Waals surface area contributed by atoms with Crippen LogP contribution in [0.15, 0.2) is 91.0 Å². The molecule has 3 aromatic carbocycles. The van der Waals surface area contributed by atoms with Crippen molar-refractivity contribution in [2.75, 3.05) is 6.61 Å². The van der Waals surface area contributed by atoms with Crippen LogP contribution in [-0.4, -0.2) is 53.7 Å². The molecule has 3 aromatic rings. The maximum Gasteiger partial charge on any atom is 0.217 e. The summed E-state index contributed by atoms with van der Waals surface area (Å²) in [4.78, 5) is 12.6. The van der Waals surface area contributed by atoms with Crippen LogP contribution in [-0.2, 0) is 43.6 Å². The second-order valence-corrected chi connectivity index (χ2v) is 11.5. The predicted octanol–water partition coefficient (Wildman–Crippen LogP) is 5.34. The van der Waals surface area contributed by atoms with Crippen LogP contribution >= 0.6 is 0 Å². The first-order chi connectivity index (χ1) is 20.5. The lowest BCUT2D eigenvalue weighted by Crippen LogP contribution is -2.70. The molecule has 5 atom stereocenters. The minimum atomic E-state index is -1.10. The number of rotatable bonds is 12. The Balaban J connectivity index is 1.46. The fourth-order valence-electron chi connectivity index (χ4n) is 6.18. The zero-order valence-corrected chi connectivity index (χ0v) is 24.4. The molecule has 224 valence electrons. The van der Waals surface area contributed by atoms with Crippen LogP contribution in [0.4, 0.5) is 0 Å². The quantitative estimate of drug-likeness (QED) is 0.304. The second-order valence-electron chi connectivity index (χ2n) is 11.5. The molecule has 1 aliphatic heterocycles. The molecule has 0 bridgehead atoms. The van der Waals surface area contributed by atoms with Crippen LogP contribution in [0.5, 0.6) is 0 Å². The monoisotopic (exact) mass is 573 g/mol. The minimum Gasteiger partial charge on any atom is -0.387 e. The molecular formula is C35H43NO6. The smallest absolute Gasteiger partial charge is 0.217 e. The molecule has 2 aliphatic rings. The zero-order valence-electron chi connectivity index (χ0n) is 24.4. The molecule has 1 amide bonds. The highest BCUT2D eigenvalue weighted by atomic mass is 16.6. The van der Waals surface area contributed by atoms with Crippen molar-refractivity contribution in [3.63, 3.8) is 0 Å². The number of carbonyl (C=O) groups excluding carboxylic acids is 1. The summed E-state index contributed by atoms with van der Waals surface area (Å²) in [6.45, 7) is 2.84. The number of benzene rings is 3. The van der Waals surface area contributed by atoms with Gasteiger partial charge in [0, 0.05) is 6.92 Å². The van der Waals surface area contributed by atoms with Gasteiger partial charge < -0.3 is 29.4 Å². The van der Waals surface area contributed by atoms with Gasteiger partial charge in [0.05, 0.1) is 38.1 Å². The van der Waals surface area contributed by atoms with Crippen molar-refractivity contribution in [3.05, 3.63) is 108 Å². The van der Waals surface area contributed by atoms with E-state index in [1.807, 2.05) is 91.0 Å². The molecule has 1 aliphatic carbocycles. The summed E-state index contributed by atoms with van der Waals surface area (Å²) in [5.74, 6) is -0.207. The Bertz CT molecular complexity index is 1220. The molecule has 42 heavy (non-hydrogen) atoms. The number of aliphatic hydroxyl groups is 1. The maximum atomic E-state index is 12.6. The summed E-state index contributed by atoms with van der Waals surface area (Å²) >= 11 is 0. The zero-order chi connectivity index (χ0) is 29.2. The molecule has 7 nitrogen and oxygen atoms in total. The first-order valence-electron chi connectivity index (χ1n) is 15.1. The molecule has 0 spiro atoms. The minimum absolute atomic E-state index is 0.207. The summed E-state index contributed by atoms with van der Waals surface area (Å²) in [7, 11) is 0. The standard InChI is InChI=1S/C35H43NO6/c1-26(37)36-31-33(41-24-29-18-10-4-11-19-29)32(40-23-28-16-8-3-9-17-28)30(25-39-22-27-14-6-2-7-15-27)42-34(31)35(38)20-12-5-13-21-35/h2-4,6-11,14-19,30-34,38H,5,12-13,20-25H2,1H3,(H,36,37)/t30-,31-,32+,33-,34+/m1/s1. The van der Waals surface area contributed by atoms with E-state index in [1.165, 1.54) is 6.92 Å². The normalized spacial score (nSPS) is 25.5. The van der Waals surface area contributed by atoms with Gasteiger partial charge in [-0.05, 0) is 29.5 Å². The lowest BCUT2D eigenvalue weighted by atomic mass is 9.75. The number of hydrogen-bond acceptors (Lipinski definition) is 6. The van der Waals surface area contributed by atoms with E-state index in [2.05, 4.69) is 5.32 Å².